The Morgan fingerprint density at radius 1 is 1.04 bits per heavy atom. The molecule has 1 N–H and O–H groups in total. The quantitative estimate of drug-likeness (QED) is 0.288. The molecule has 0 saturated carbocycles. The summed E-state index contributed by atoms with van der Waals surface area (Å²) in [4.78, 5) is 10.0. The van der Waals surface area contributed by atoms with Crippen LogP contribution in [0.15, 0.2) is 4.99 Å². The Balaban J connectivity index is 0.00000288. The second-order valence-electron chi connectivity index (χ2n) is 7.49. The first-order chi connectivity index (χ1) is 11.2. The number of piperidine rings is 2. The number of nitrogens with zero attached hydrogens (tertiary/aromatic N) is 3. The summed E-state index contributed by atoms with van der Waals surface area (Å²) in [6.45, 7) is 13.7. The molecule has 0 amide bonds. The van der Waals surface area contributed by atoms with Gasteiger partial charge in [-0.05, 0) is 71.4 Å². The maximum atomic E-state index is 4.88. The Morgan fingerprint density at radius 3 is 2.46 bits per heavy atom. The third kappa shape index (κ3) is 7.46. The Kier molecular flexibility index (Phi) is 11.3. The molecular weight excluding hydrogens is 411 g/mol. The van der Waals surface area contributed by atoms with E-state index in [1.165, 1.54) is 58.0 Å². The standard InChI is InChI=1S/C19H38N4.HI/c1-4-20-19(23-15-10-17(2)11-16-23)21-12-6-8-14-22-13-7-5-9-18(22)3;/h17-18H,4-16H2,1-3H3,(H,20,21);1H. The summed E-state index contributed by atoms with van der Waals surface area (Å²) in [5, 5.41) is 3.48. The van der Waals surface area contributed by atoms with E-state index in [4.69, 9.17) is 4.99 Å². The molecular formula is C19H39IN4. The fraction of sp³-hybridized carbons (Fsp3) is 0.947. The van der Waals surface area contributed by atoms with E-state index in [2.05, 4.69) is 35.9 Å². The number of nitrogens with one attached hydrogen (secondary N) is 1. The molecule has 0 aromatic rings. The zero-order valence-electron chi connectivity index (χ0n) is 16.1. The second-order valence-corrected chi connectivity index (χ2v) is 7.49. The summed E-state index contributed by atoms with van der Waals surface area (Å²) in [6, 6.07) is 0.792. The smallest absolute Gasteiger partial charge is 0.193 e. The van der Waals surface area contributed by atoms with Crippen LogP contribution >= 0.6 is 24.0 Å². The highest BCUT2D eigenvalue weighted by Crippen LogP contribution is 2.17. The summed E-state index contributed by atoms with van der Waals surface area (Å²) in [5.74, 6) is 2.02. The van der Waals surface area contributed by atoms with Gasteiger partial charge in [-0.2, -0.15) is 0 Å². The Morgan fingerprint density at radius 2 is 1.79 bits per heavy atom. The Bertz CT molecular complexity index is 353. The second kappa shape index (κ2) is 12.3. The van der Waals surface area contributed by atoms with Gasteiger partial charge in [0.2, 0.25) is 0 Å². The molecule has 0 spiro atoms. The van der Waals surface area contributed by atoms with Crippen molar-refractivity contribution in [3.05, 3.63) is 0 Å². The molecule has 5 heteroatoms. The molecule has 0 aliphatic carbocycles. The normalized spacial score (nSPS) is 23.9. The van der Waals surface area contributed by atoms with Crippen LogP contribution in [0.2, 0.25) is 0 Å². The SMILES string of the molecule is CCNC(=NCCCCN1CCCCC1C)N1CCC(C)CC1.I. The highest BCUT2D eigenvalue weighted by molar-refractivity contribution is 14.0. The minimum Gasteiger partial charge on any atom is -0.357 e. The first kappa shape index (κ1) is 22.0. The zero-order valence-corrected chi connectivity index (χ0v) is 18.4. The lowest BCUT2D eigenvalue weighted by molar-refractivity contribution is 0.158. The molecule has 0 radical (unpaired) electrons. The predicted molar refractivity (Wildman–Crippen MR) is 115 cm³/mol. The molecule has 1 unspecified atom stereocenters. The summed E-state index contributed by atoms with van der Waals surface area (Å²) >= 11 is 0. The topological polar surface area (TPSA) is 30.9 Å². The van der Waals surface area contributed by atoms with Crippen LogP contribution in [0.1, 0.15) is 65.7 Å². The molecule has 2 fully saturated rings. The van der Waals surface area contributed by atoms with Gasteiger partial charge < -0.3 is 15.1 Å². The van der Waals surface area contributed by atoms with Crippen molar-refractivity contribution in [3.8, 4) is 0 Å². The van der Waals surface area contributed by atoms with Gasteiger partial charge in [0.05, 0.1) is 0 Å². The lowest BCUT2D eigenvalue weighted by Crippen LogP contribution is -2.45. The van der Waals surface area contributed by atoms with Crippen LogP contribution < -0.4 is 5.32 Å². The molecule has 2 heterocycles. The number of likely N-dealkylation sites (tertiary alicyclic amines) is 2. The molecule has 1 atom stereocenters. The molecule has 0 aromatic heterocycles. The average Bonchev–Trinajstić information content (AvgIpc) is 2.56. The van der Waals surface area contributed by atoms with Crippen molar-refractivity contribution < 1.29 is 0 Å². The average molecular weight is 450 g/mol. The predicted octanol–water partition coefficient (Wildman–Crippen LogP) is 3.96. The number of guanidine groups is 1. The number of halogens is 1. The molecule has 4 nitrogen and oxygen atoms in total. The van der Waals surface area contributed by atoms with Crippen LogP contribution in [0.3, 0.4) is 0 Å². The summed E-state index contributed by atoms with van der Waals surface area (Å²) in [6.07, 6.45) is 9.29. The van der Waals surface area contributed by atoms with Crippen molar-refractivity contribution in [2.45, 2.75) is 71.8 Å². The van der Waals surface area contributed by atoms with Crippen molar-refractivity contribution in [1.29, 1.82) is 0 Å². The van der Waals surface area contributed by atoms with E-state index in [-0.39, 0.29) is 24.0 Å². The van der Waals surface area contributed by atoms with E-state index in [0.717, 1.165) is 44.1 Å². The van der Waals surface area contributed by atoms with Crippen LogP contribution in [0.4, 0.5) is 0 Å². The molecule has 2 saturated heterocycles. The van der Waals surface area contributed by atoms with Gasteiger partial charge in [0, 0.05) is 32.2 Å². The van der Waals surface area contributed by atoms with Crippen LogP contribution in [0, 0.1) is 5.92 Å². The van der Waals surface area contributed by atoms with Crippen molar-refractivity contribution >= 4 is 29.9 Å². The minimum absolute atomic E-state index is 0. The van der Waals surface area contributed by atoms with Gasteiger partial charge in [-0.15, -0.1) is 24.0 Å². The zero-order chi connectivity index (χ0) is 16.5. The van der Waals surface area contributed by atoms with Crippen LogP contribution in [0.25, 0.3) is 0 Å². The van der Waals surface area contributed by atoms with Gasteiger partial charge in [-0.1, -0.05) is 13.3 Å². The number of hydrogen-bond acceptors (Lipinski definition) is 2. The lowest BCUT2D eigenvalue weighted by Gasteiger charge is -2.33. The van der Waals surface area contributed by atoms with E-state index in [1.807, 2.05) is 0 Å². The number of rotatable bonds is 6. The third-order valence-corrected chi connectivity index (χ3v) is 5.47. The third-order valence-electron chi connectivity index (χ3n) is 5.47. The molecule has 2 rings (SSSR count). The summed E-state index contributed by atoms with van der Waals surface area (Å²) < 4.78 is 0. The highest BCUT2D eigenvalue weighted by Gasteiger charge is 2.19. The van der Waals surface area contributed by atoms with E-state index in [0.29, 0.717) is 0 Å². The van der Waals surface area contributed by atoms with Gasteiger partial charge in [-0.3, -0.25) is 4.99 Å². The first-order valence-electron chi connectivity index (χ1n) is 9.98. The fourth-order valence-electron chi connectivity index (χ4n) is 3.75. The maximum Gasteiger partial charge on any atom is 0.193 e. The van der Waals surface area contributed by atoms with Gasteiger partial charge in [0.15, 0.2) is 5.96 Å². The largest absolute Gasteiger partial charge is 0.357 e. The fourth-order valence-corrected chi connectivity index (χ4v) is 3.75. The summed E-state index contributed by atoms with van der Waals surface area (Å²) in [7, 11) is 0. The maximum absolute atomic E-state index is 4.88. The van der Waals surface area contributed by atoms with Crippen molar-refractivity contribution in [2.24, 2.45) is 10.9 Å². The van der Waals surface area contributed by atoms with E-state index < -0.39 is 0 Å². The van der Waals surface area contributed by atoms with Gasteiger partial charge in [-0.25, -0.2) is 0 Å². The van der Waals surface area contributed by atoms with Crippen molar-refractivity contribution in [1.82, 2.24) is 15.1 Å². The molecule has 0 bridgehead atoms. The van der Waals surface area contributed by atoms with Crippen LogP contribution in [-0.2, 0) is 0 Å². The highest BCUT2D eigenvalue weighted by atomic mass is 127. The number of hydrogen-bond donors (Lipinski definition) is 1. The van der Waals surface area contributed by atoms with Gasteiger partial charge in [0.25, 0.3) is 0 Å². The molecule has 24 heavy (non-hydrogen) atoms. The van der Waals surface area contributed by atoms with Gasteiger partial charge in [0.1, 0.15) is 0 Å². The number of unbranched alkanes of at least 4 members (excludes halogenated alkanes) is 1. The Hall–Kier alpha value is -0.0400. The first-order valence-corrected chi connectivity index (χ1v) is 9.98. The van der Waals surface area contributed by atoms with E-state index >= 15 is 0 Å². The monoisotopic (exact) mass is 450 g/mol. The van der Waals surface area contributed by atoms with E-state index in [1.54, 1.807) is 0 Å². The molecule has 0 aromatic carbocycles. The van der Waals surface area contributed by atoms with Crippen LogP contribution in [0.5, 0.6) is 0 Å². The molecule has 2 aliphatic heterocycles. The van der Waals surface area contributed by atoms with Crippen LogP contribution in [-0.4, -0.2) is 61.1 Å². The number of aliphatic imine (C=N–C) groups is 1. The van der Waals surface area contributed by atoms with Crippen molar-refractivity contribution in [2.75, 3.05) is 39.3 Å². The summed E-state index contributed by atoms with van der Waals surface area (Å²) in [5.41, 5.74) is 0. The molecule has 142 valence electrons. The lowest BCUT2D eigenvalue weighted by atomic mass is 10.00. The molecule has 2 aliphatic rings. The van der Waals surface area contributed by atoms with Crippen molar-refractivity contribution in [3.63, 3.8) is 0 Å². The van der Waals surface area contributed by atoms with E-state index in [9.17, 15) is 0 Å². The Labute approximate surface area is 166 Å². The minimum atomic E-state index is 0. The van der Waals surface area contributed by atoms with Gasteiger partial charge >= 0.3 is 0 Å².